The minimum absolute atomic E-state index is 0.0835. The van der Waals surface area contributed by atoms with E-state index in [0.29, 0.717) is 5.76 Å². The summed E-state index contributed by atoms with van der Waals surface area (Å²) in [6.45, 7) is 1.53. The third kappa shape index (κ3) is 3.34. The maximum atomic E-state index is 11.8. The van der Waals surface area contributed by atoms with Crippen molar-refractivity contribution < 1.29 is 26.8 Å². The maximum absolute atomic E-state index is 11.8. The smallest absolute Gasteiger partial charge is 0.374 e. The molecule has 21 heavy (non-hydrogen) atoms. The second kappa shape index (κ2) is 5.74. The van der Waals surface area contributed by atoms with Crippen molar-refractivity contribution in [1.82, 2.24) is 4.31 Å². The van der Waals surface area contributed by atoms with Crippen LogP contribution < -0.4 is 0 Å². The zero-order chi connectivity index (χ0) is 15.6. The van der Waals surface area contributed by atoms with Crippen molar-refractivity contribution in [3.05, 3.63) is 41.5 Å². The molecule has 0 unspecified atom stereocenters. The summed E-state index contributed by atoms with van der Waals surface area (Å²) < 4.78 is 39.9. The van der Waals surface area contributed by atoms with Gasteiger partial charge >= 0.3 is 5.97 Å². The Morgan fingerprint density at radius 2 is 1.90 bits per heavy atom. The van der Waals surface area contributed by atoms with Crippen molar-refractivity contribution in [3.63, 3.8) is 0 Å². The Hall–Kier alpha value is -2.06. The molecule has 0 spiro atoms. The molecule has 7 nitrogen and oxygen atoms in total. The number of nitrogens with zero attached hydrogens (tertiary/aromatic N) is 1. The van der Waals surface area contributed by atoms with Crippen LogP contribution in [-0.2, 0) is 21.4 Å². The van der Waals surface area contributed by atoms with Crippen LogP contribution in [0.25, 0.3) is 0 Å². The summed E-state index contributed by atoms with van der Waals surface area (Å²) in [7, 11) is -0.837. The predicted molar refractivity (Wildman–Crippen MR) is 72.1 cm³/mol. The SMILES string of the molecule is Cc1ccc(C(=O)OCc2ccc(S(=O)(=O)N(C)C)o2)o1. The Morgan fingerprint density at radius 3 is 2.48 bits per heavy atom. The molecule has 0 amide bonds. The van der Waals surface area contributed by atoms with Gasteiger partial charge in [-0.2, -0.15) is 0 Å². The molecule has 0 saturated heterocycles. The average molecular weight is 313 g/mol. The first-order valence-electron chi connectivity index (χ1n) is 6.05. The molecule has 2 rings (SSSR count). The predicted octanol–water partition coefficient (Wildman–Crippen LogP) is 1.79. The highest BCUT2D eigenvalue weighted by atomic mass is 32.2. The third-order valence-electron chi connectivity index (χ3n) is 2.66. The van der Waals surface area contributed by atoms with Crippen molar-refractivity contribution in [2.45, 2.75) is 18.6 Å². The first-order chi connectivity index (χ1) is 9.80. The zero-order valence-corrected chi connectivity index (χ0v) is 12.6. The molecule has 8 heteroatoms. The fourth-order valence-electron chi connectivity index (χ4n) is 1.51. The minimum Gasteiger partial charge on any atom is -0.454 e. The lowest BCUT2D eigenvalue weighted by molar-refractivity contribution is 0.0403. The van der Waals surface area contributed by atoms with E-state index < -0.39 is 16.0 Å². The van der Waals surface area contributed by atoms with Gasteiger partial charge in [0.15, 0.2) is 0 Å². The molecular formula is C13H15NO6S. The lowest BCUT2D eigenvalue weighted by atomic mass is 10.4. The number of carbonyl (C=O) groups excluding carboxylic acids is 1. The minimum atomic E-state index is -3.64. The van der Waals surface area contributed by atoms with Crippen LogP contribution in [0.2, 0.25) is 0 Å². The van der Waals surface area contributed by atoms with E-state index in [2.05, 4.69) is 0 Å². The number of carbonyl (C=O) groups is 1. The van der Waals surface area contributed by atoms with E-state index in [0.717, 1.165) is 4.31 Å². The monoisotopic (exact) mass is 313 g/mol. The van der Waals surface area contributed by atoms with E-state index >= 15 is 0 Å². The van der Waals surface area contributed by atoms with E-state index in [9.17, 15) is 13.2 Å². The fourth-order valence-corrected chi connectivity index (χ4v) is 2.32. The number of esters is 1. The third-order valence-corrected chi connectivity index (χ3v) is 4.35. The topological polar surface area (TPSA) is 90.0 Å². The molecule has 0 bridgehead atoms. The molecule has 0 atom stereocenters. The van der Waals surface area contributed by atoms with Gasteiger partial charge in [0.05, 0.1) is 0 Å². The normalized spacial score (nSPS) is 11.8. The molecule has 0 N–H and O–H groups in total. The van der Waals surface area contributed by atoms with Crippen molar-refractivity contribution in [1.29, 1.82) is 0 Å². The van der Waals surface area contributed by atoms with Crippen LogP contribution >= 0.6 is 0 Å². The van der Waals surface area contributed by atoms with Crippen LogP contribution in [0, 0.1) is 6.92 Å². The van der Waals surface area contributed by atoms with Crippen molar-refractivity contribution >= 4 is 16.0 Å². The molecule has 0 saturated carbocycles. The van der Waals surface area contributed by atoms with Crippen molar-refractivity contribution in [2.75, 3.05) is 14.1 Å². The number of ether oxygens (including phenoxy) is 1. The van der Waals surface area contributed by atoms with Gasteiger partial charge in [0.25, 0.3) is 10.0 Å². The van der Waals surface area contributed by atoms with Gasteiger partial charge in [-0.05, 0) is 31.2 Å². The largest absolute Gasteiger partial charge is 0.454 e. The van der Waals surface area contributed by atoms with Gasteiger partial charge in [0.2, 0.25) is 10.9 Å². The molecule has 0 aliphatic heterocycles. The van der Waals surface area contributed by atoms with Gasteiger partial charge in [0, 0.05) is 14.1 Å². The van der Waals surface area contributed by atoms with Gasteiger partial charge in [0.1, 0.15) is 18.1 Å². The van der Waals surface area contributed by atoms with E-state index in [1.54, 1.807) is 13.0 Å². The number of hydrogen-bond acceptors (Lipinski definition) is 6. The molecular weight excluding hydrogens is 298 g/mol. The van der Waals surface area contributed by atoms with Crippen LogP contribution in [0.4, 0.5) is 0 Å². The number of furan rings is 2. The number of sulfonamides is 1. The van der Waals surface area contributed by atoms with Gasteiger partial charge in [-0.15, -0.1) is 0 Å². The number of hydrogen-bond donors (Lipinski definition) is 0. The van der Waals surface area contributed by atoms with E-state index in [1.165, 1.54) is 32.3 Å². The fraction of sp³-hybridized carbons (Fsp3) is 0.308. The van der Waals surface area contributed by atoms with Crippen LogP contribution in [0.5, 0.6) is 0 Å². The number of rotatable bonds is 5. The molecule has 0 radical (unpaired) electrons. The Morgan fingerprint density at radius 1 is 1.19 bits per heavy atom. The van der Waals surface area contributed by atoms with Gasteiger partial charge in [-0.25, -0.2) is 17.5 Å². The van der Waals surface area contributed by atoms with Crippen LogP contribution in [-0.4, -0.2) is 32.8 Å². The van der Waals surface area contributed by atoms with Crippen molar-refractivity contribution in [2.24, 2.45) is 0 Å². The lowest BCUT2D eigenvalue weighted by Gasteiger charge is -2.07. The van der Waals surface area contributed by atoms with E-state index in [4.69, 9.17) is 13.6 Å². The molecule has 2 heterocycles. The van der Waals surface area contributed by atoms with Crippen LogP contribution in [0.1, 0.15) is 22.1 Å². The highest BCUT2D eigenvalue weighted by Gasteiger charge is 2.22. The first kappa shape index (κ1) is 15.3. The summed E-state index contributed by atoms with van der Waals surface area (Å²) in [5.41, 5.74) is 0. The zero-order valence-electron chi connectivity index (χ0n) is 11.8. The Labute approximate surface area is 122 Å². The average Bonchev–Trinajstić information content (AvgIpc) is 3.04. The molecule has 0 aliphatic rings. The molecule has 0 aliphatic carbocycles. The summed E-state index contributed by atoms with van der Waals surface area (Å²) in [5, 5.41) is -0.201. The molecule has 114 valence electrons. The van der Waals surface area contributed by atoms with Crippen LogP contribution in [0.3, 0.4) is 0 Å². The first-order valence-corrected chi connectivity index (χ1v) is 7.49. The Bertz CT molecular complexity index is 740. The molecule has 0 fully saturated rings. The standard InChI is InChI=1S/C13H15NO6S/c1-9-4-6-11(19-9)13(15)18-8-10-5-7-12(20-10)21(16,17)14(2)3/h4-7H,8H2,1-3H3. The Balaban J connectivity index is 2.02. The molecule has 2 aromatic rings. The second-order valence-corrected chi connectivity index (χ2v) is 6.58. The molecule has 0 aromatic carbocycles. The highest BCUT2D eigenvalue weighted by Crippen LogP contribution is 2.18. The quantitative estimate of drug-likeness (QED) is 0.782. The van der Waals surface area contributed by atoms with E-state index in [1.807, 2.05) is 0 Å². The number of aryl methyl sites for hydroxylation is 1. The van der Waals surface area contributed by atoms with Gasteiger partial charge < -0.3 is 13.6 Å². The lowest BCUT2D eigenvalue weighted by Crippen LogP contribution is -2.21. The second-order valence-electron chi connectivity index (χ2n) is 4.49. The van der Waals surface area contributed by atoms with Crippen LogP contribution in [0.15, 0.2) is 38.2 Å². The summed E-state index contributed by atoms with van der Waals surface area (Å²) in [4.78, 5) is 11.7. The summed E-state index contributed by atoms with van der Waals surface area (Å²) in [6, 6.07) is 5.90. The Kier molecular flexibility index (Phi) is 4.19. The summed E-state index contributed by atoms with van der Waals surface area (Å²) in [5.74, 6) is 0.267. The van der Waals surface area contributed by atoms with E-state index in [-0.39, 0.29) is 23.2 Å². The highest BCUT2D eigenvalue weighted by molar-refractivity contribution is 7.88. The summed E-state index contributed by atoms with van der Waals surface area (Å²) in [6.07, 6.45) is 0. The van der Waals surface area contributed by atoms with Gasteiger partial charge in [-0.1, -0.05) is 0 Å². The van der Waals surface area contributed by atoms with Gasteiger partial charge in [-0.3, -0.25) is 0 Å². The maximum Gasteiger partial charge on any atom is 0.374 e. The summed E-state index contributed by atoms with van der Waals surface area (Å²) >= 11 is 0. The molecule has 2 aromatic heterocycles. The van der Waals surface area contributed by atoms with Crippen molar-refractivity contribution in [3.8, 4) is 0 Å².